The number of carboxylic acid groups (broad SMARTS) is 2. The second-order valence-electron chi connectivity index (χ2n) is 4.80. The molecule has 1 aliphatic rings. The van der Waals surface area contributed by atoms with E-state index in [1.54, 1.807) is 12.1 Å². The van der Waals surface area contributed by atoms with Crippen molar-refractivity contribution in [3.05, 3.63) is 35.4 Å². The van der Waals surface area contributed by atoms with E-state index in [1.807, 2.05) is 5.32 Å². The van der Waals surface area contributed by atoms with Gasteiger partial charge in [-0.2, -0.15) is 0 Å². The zero-order valence-corrected chi connectivity index (χ0v) is 11.7. The number of rotatable bonds is 6. The van der Waals surface area contributed by atoms with Crippen molar-refractivity contribution in [1.82, 2.24) is 10.2 Å². The highest BCUT2D eigenvalue weighted by atomic mass is 16.4. The number of nitrogens with one attached hydrogen (secondary N) is 1. The van der Waals surface area contributed by atoms with Crippen LogP contribution in [0.2, 0.25) is 0 Å². The second kappa shape index (κ2) is 6.26. The van der Waals surface area contributed by atoms with E-state index < -0.39 is 48.7 Å². The standard InChI is InChI=1S/C14H12N2O7/c17-10(15-9(14(22)23)5-11(18)19)6-16-12(20)7-3-1-2-4-8(7)13(16)21/h1-4,9H,5-6H2,(H,15,17)(H,18,19)(H,22,23). The molecule has 3 amide bonds. The van der Waals surface area contributed by atoms with Crippen molar-refractivity contribution < 1.29 is 34.2 Å². The van der Waals surface area contributed by atoms with Crippen molar-refractivity contribution in [3.8, 4) is 0 Å². The summed E-state index contributed by atoms with van der Waals surface area (Å²) >= 11 is 0. The van der Waals surface area contributed by atoms with Crippen molar-refractivity contribution in [2.24, 2.45) is 0 Å². The lowest BCUT2D eigenvalue weighted by molar-refractivity contribution is -0.147. The molecule has 2 rings (SSSR count). The molecule has 9 heteroatoms. The highest BCUT2D eigenvalue weighted by Crippen LogP contribution is 2.21. The minimum absolute atomic E-state index is 0.158. The van der Waals surface area contributed by atoms with Crippen LogP contribution in [0.5, 0.6) is 0 Å². The fraction of sp³-hybridized carbons (Fsp3) is 0.214. The molecule has 1 aromatic carbocycles. The Kier molecular flexibility index (Phi) is 4.39. The monoisotopic (exact) mass is 320 g/mol. The van der Waals surface area contributed by atoms with Crippen LogP contribution < -0.4 is 5.32 Å². The average Bonchev–Trinajstić information content (AvgIpc) is 2.72. The van der Waals surface area contributed by atoms with E-state index in [2.05, 4.69) is 0 Å². The largest absolute Gasteiger partial charge is 0.481 e. The van der Waals surface area contributed by atoms with E-state index in [0.717, 1.165) is 0 Å². The van der Waals surface area contributed by atoms with E-state index in [-0.39, 0.29) is 11.1 Å². The first kappa shape index (κ1) is 16.1. The molecule has 0 spiro atoms. The quantitative estimate of drug-likeness (QED) is 0.590. The van der Waals surface area contributed by atoms with Gasteiger partial charge in [0.25, 0.3) is 11.8 Å². The van der Waals surface area contributed by atoms with Gasteiger partial charge < -0.3 is 15.5 Å². The molecule has 1 heterocycles. The second-order valence-corrected chi connectivity index (χ2v) is 4.80. The van der Waals surface area contributed by atoms with E-state index >= 15 is 0 Å². The predicted molar refractivity (Wildman–Crippen MR) is 73.6 cm³/mol. The summed E-state index contributed by atoms with van der Waals surface area (Å²) in [7, 11) is 0. The first-order valence-electron chi connectivity index (χ1n) is 6.50. The molecular formula is C14H12N2O7. The summed E-state index contributed by atoms with van der Waals surface area (Å²) in [4.78, 5) is 58.1. The molecule has 120 valence electrons. The third kappa shape index (κ3) is 3.34. The minimum Gasteiger partial charge on any atom is -0.481 e. The summed E-state index contributed by atoms with van der Waals surface area (Å²) in [6.45, 7) is -0.685. The number of imide groups is 1. The maximum absolute atomic E-state index is 12.1. The Balaban J connectivity index is 2.07. The molecule has 1 aromatic rings. The summed E-state index contributed by atoms with van der Waals surface area (Å²) in [6, 6.07) is 4.38. The Bertz CT molecular complexity index is 678. The van der Waals surface area contributed by atoms with Crippen LogP contribution in [-0.4, -0.2) is 57.4 Å². The average molecular weight is 320 g/mol. The third-order valence-corrected chi connectivity index (χ3v) is 3.19. The maximum Gasteiger partial charge on any atom is 0.326 e. The summed E-state index contributed by atoms with van der Waals surface area (Å²) in [5.41, 5.74) is 0.316. The molecule has 1 aliphatic heterocycles. The zero-order chi connectivity index (χ0) is 17.1. The summed E-state index contributed by atoms with van der Waals surface area (Å²) in [5, 5.41) is 19.4. The highest BCUT2D eigenvalue weighted by Gasteiger charge is 2.36. The predicted octanol–water partition coefficient (Wildman–Crippen LogP) is -0.673. The van der Waals surface area contributed by atoms with Gasteiger partial charge in [0, 0.05) is 0 Å². The molecule has 0 aliphatic carbocycles. The SMILES string of the molecule is O=C(O)CC(NC(=O)CN1C(=O)c2ccccc2C1=O)C(=O)O. The zero-order valence-electron chi connectivity index (χ0n) is 11.7. The van der Waals surface area contributed by atoms with Crippen molar-refractivity contribution in [3.63, 3.8) is 0 Å². The van der Waals surface area contributed by atoms with E-state index in [9.17, 15) is 24.0 Å². The molecule has 3 N–H and O–H groups in total. The van der Waals surface area contributed by atoms with Gasteiger partial charge in [0.1, 0.15) is 12.6 Å². The number of carbonyl (C=O) groups is 5. The molecule has 0 saturated carbocycles. The van der Waals surface area contributed by atoms with Gasteiger partial charge in [-0.1, -0.05) is 12.1 Å². The summed E-state index contributed by atoms with van der Waals surface area (Å²) in [6.07, 6.45) is -0.816. The Hall–Kier alpha value is -3.23. The molecule has 1 atom stereocenters. The van der Waals surface area contributed by atoms with Gasteiger partial charge in [0.15, 0.2) is 0 Å². The van der Waals surface area contributed by atoms with Crippen LogP contribution >= 0.6 is 0 Å². The minimum atomic E-state index is -1.64. The lowest BCUT2D eigenvalue weighted by Crippen LogP contribution is -2.47. The Morgan fingerprint density at radius 3 is 2.00 bits per heavy atom. The van der Waals surface area contributed by atoms with Gasteiger partial charge in [-0.05, 0) is 12.1 Å². The number of aliphatic carboxylic acids is 2. The topological polar surface area (TPSA) is 141 Å². The van der Waals surface area contributed by atoms with Gasteiger partial charge in [-0.25, -0.2) is 4.79 Å². The van der Waals surface area contributed by atoms with Gasteiger partial charge >= 0.3 is 11.9 Å². The molecule has 0 bridgehead atoms. The fourth-order valence-corrected chi connectivity index (χ4v) is 2.14. The van der Waals surface area contributed by atoms with Crippen molar-refractivity contribution >= 4 is 29.7 Å². The van der Waals surface area contributed by atoms with Gasteiger partial charge in [-0.15, -0.1) is 0 Å². The molecule has 23 heavy (non-hydrogen) atoms. The van der Waals surface area contributed by atoms with Crippen LogP contribution in [0, 0.1) is 0 Å². The van der Waals surface area contributed by atoms with Crippen LogP contribution in [0.15, 0.2) is 24.3 Å². The van der Waals surface area contributed by atoms with Gasteiger partial charge in [0.05, 0.1) is 17.5 Å². The molecule has 1 unspecified atom stereocenters. The van der Waals surface area contributed by atoms with Gasteiger partial charge in [-0.3, -0.25) is 24.1 Å². The number of benzene rings is 1. The fourth-order valence-electron chi connectivity index (χ4n) is 2.14. The summed E-state index contributed by atoms with van der Waals surface area (Å²) < 4.78 is 0. The van der Waals surface area contributed by atoms with Crippen molar-refractivity contribution in [1.29, 1.82) is 0 Å². The normalized spacial score (nSPS) is 14.3. The van der Waals surface area contributed by atoms with Crippen molar-refractivity contribution in [2.45, 2.75) is 12.5 Å². The molecule has 0 aromatic heterocycles. The highest BCUT2D eigenvalue weighted by molar-refractivity contribution is 6.22. The lowest BCUT2D eigenvalue weighted by atomic mass is 10.1. The third-order valence-electron chi connectivity index (χ3n) is 3.19. The van der Waals surface area contributed by atoms with Crippen LogP contribution in [0.1, 0.15) is 27.1 Å². The first-order valence-corrected chi connectivity index (χ1v) is 6.50. The number of fused-ring (bicyclic) bond motifs is 1. The van der Waals surface area contributed by atoms with E-state index in [0.29, 0.717) is 4.90 Å². The van der Waals surface area contributed by atoms with Gasteiger partial charge in [0.2, 0.25) is 5.91 Å². The first-order chi connectivity index (χ1) is 10.8. The summed E-state index contributed by atoms with van der Waals surface area (Å²) in [5.74, 6) is -5.19. The number of hydrogen-bond acceptors (Lipinski definition) is 5. The van der Waals surface area contributed by atoms with Crippen molar-refractivity contribution in [2.75, 3.05) is 6.54 Å². The van der Waals surface area contributed by atoms with E-state index in [1.165, 1.54) is 12.1 Å². The molecule has 9 nitrogen and oxygen atoms in total. The van der Waals surface area contributed by atoms with Crippen LogP contribution in [0.4, 0.5) is 0 Å². The van der Waals surface area contributed by atoms with Crippen LogP contribution in [0.3, 0.4) is 0 Å². The molecule has 0 radical (unpaired) electrons. The Morgan fingerprint density at radius 2 is 1.57 bits per heavy atom. The smallest absolute Gasteiger partial charge is 0.326 e. The van der Waals surface area contributed by atoms with E-state index in [4.69, 9.17) is 10.2 Å². The number of hydrogen-bond donors (Lipinski definition) is 3. The van der Waals surface area contributed by atoms with Crippen LogP contribution in [0.25, 0.3) is 0 Å². The maximum atomic E-state index is 12.1. The number of carboxylic acids is 2. The number of amides is 3. The molecule has 0 fully saturated rings. The molecular weight excluding hydrogens is 308 g/mol. The Labute approximate surface area is 129 Å². The van der Waals surface area contributed by atoms with Crippen LogP contribution in [-0.2, 0) is 14.4 Å². The lowest BCUT2D eigenvalue weighted by Gasteiger charge is -2.16. The number of nitrogens with zero attached hydrogens (tertiary/aromatic N) is 1. The molecule has 0 saturated heterocycles. The number of carbonyl (C=O) groups excluding carboxylic acids is 3. The Morgan fingerprint density at radius 1 is 1.04 bits per heavy atom.